The normalized spacial score (nSPS) is 15.6. The number of hydrogen-bond acceptors (Lipinski definition) is 7. The molecule has 0 bridgehead atoms. The Morgan fingerprint density at radius 2 is 1.97 bits per heavy atom. The Hall–Kier alpha value is -3.85. The molecule has 1 aliphatic rings. The van der Waals surface area contributed by atoms with Crippen LogP contribution in [-0.2, 0) is 9.59 Å². The molecule has 0 fully saturated rings. The minimum Gasteiger partial charge on any atom is -0.497 e. The van der Waals surface area contributed by atoms with Crippen molar-refractivity contribution >= 4 is 23.7 Å². The summed E-state index contributed by atoms with van der Waals surface area (Å²) in [5, 5.41) is 20.6. The maximum absolute atomic E-state index is 12.6. The number of hydrogen-bond donors (Lipinski definition) is 3. The van der Waals surface area contributed by atoms with Gasteiger partial charge in [0.15, 0.2) is 18.4 Å². The third-order valence-electron chi connectivity index (χ3n) is 4.47. The highest BCUT2D eigenvalue weighted by Crippen LogP contribution is 2.35. The fourth-order valence-corrected chi connectivity index (χ4v) is 2.89. The summed E-state index contributed by atoms with van der Waals surface area (Å²) in [5.74, 6) is -1.04. The molecule has 31 heavy (non-hydrogen) atoms. The Labute approximate surface area is 177 Å². The summed E-state index contributed by atoms with van der Waals surface area (Å²) < 4.78 is 16.2. The van der Waals surface area contributed by atoms with Gasteiger partial charge < -0.3 is 29.7 Å². The second kappa shape index (κ2) is 9.31. The van der Waals surface area contributed by atoms with Crippen molar-refractivity contribution in [1.29, 1.82) is 0 Å². The SMILES string of the molecule is COc1cccc(C=C2Oc3cc(OCC(=O)N[C@H](C(=O)O)[C@@H](C)O)ccc3C2=O)c1. The van der Waals surface area contributed by atoms with E-state index in [4.69, 9.17) is 19.3 Å². The van der Waals surface area contributed by atoms with E-state index < -0.39 is 30.6 Å². The van der Waals surface area contributed by atoms with Gasteiger partial charge in [-0.3, -0.25) is 9.59 Å². The van der Waals surface area contributed by atoms with Gasteiger partial charge in [-0.2, -0.15) is 0 Å². The van der Waals surface area contributed by atoms with Gasteiger partial charge in [-0.05, 0) is 42.8 Å². The van der Waals surface area contributed by atoms with Gasteiger partial charge in [0.1, 0.15) is 17.2 Å². The van der Waals surface area contributed by atoms with Gasteiger partial charge in [0.25, 0.3) is 5.91 Å². The van der Waals surface area contributed by atoms with Crippen LogP contribution < -0.4 is 19.5 Å². The molecule has 9 heteroatoms. The third kappa shape index (κ3) is 5.20. The number of nitrogens with one attached hydrogen (secondary N) is 1. The van der Waals surface area contributed by atoms with E-state index in [0.29, 0.717) is 11.3 Å². The van der Waals surface area contributed by atoms with Crippen LogP contribution in [0.5, 0.6) is 17.2 Å². The van der Waals surface area contributed by atoms with E-state index in [-0.39, 0.29) is 23.0 Å². The van der Waals surface area contributed by atoms with E-state index in [0.717, 1.165) is 5.56 Å². The van der Waals surface area contributed by atoms with Crippen molar-refractivity contribution in [3.05, 3.63) is 59.4 Å². The Morgan fingerprint density at radius 3 is 2.65 bits per heavy atom. The van der Waals surface area contributed by atoms with E-state index in [9.17, 15) is 19.5 Å². The lowest BCUT2D eigenvalue weighted by Gasteiger charge is -2.17. The van der Waals surface area contributed by atoms with Gasteiger partial charge in [0, 0.05) is 6.07 Å². The van der Waals surface area contributed by atoms with Crippen LogP contribution in [0.4, 0.5) is 0 Å². The molecule has 0 radical (unpaired) electrons. The number of aliphatic carboxylic acids is 1. The van der Waals surface area contributed by atoms with Crippen LogP contribution in [0.2, 0.25) is 0 Å². The molecular formula is C22H21NO8. The van der Waals surface area contributed by atoms with Gasteiger partial charge in [-0.25, -0.2) is 4.79 Å². The minimum atomic E-state index is -1.44. The molecule has 1 heterocycles. The molecular weight excluding hydrogens is 406 g/mol. The zero-order chi connectivity index (χ0) is 22.5. The predicted molar refractivity (Wildman–Crippen MR) is 109 cm³/mol. The molecule has 0 saturated heterocycles. The van der Waals surface area contributed by atoms with Crippen molar-refractivity contribution in [2.45, 2.75) is 19.1 Å². The van der Waals surface area contributed by atoms with Crippen LogP contribution in [0.25, 0.3) is 6.08 Å². The molecule has 3 rings (SSSR count). The fraction of sp³-hybridized carbons (Fsp3) is 0.227. The van der Waals surface area contributed by atoms with E-state index in [1.54, 1.807) is 37.5 Å². The smallest absolute Gasteiger partial charge is 0.328 e. The molecule has 1 aliphatic heterocycles. The zero-order valence-corrected chi connectivity index (χ0v) is 16.8. The Balaban J connectivity index is 1.67. The summed E-state index contributed by atoms with van der Waals surface area (Å²) >= 11 is 0. The third-order valence-corrected chi connectivity index (χ3v) is 4.47. The van der Waals surface area contributed by atoms with Crippen molar-refractivity contribution in [2.75, 3.05) is 13.7 Å². The number of fused-ring (bicyclic) bond motifs is 1. The Bertz CT molecular complexity index is 1040. The molecule has 2 atom stereocenters. The lowest BCUT2D eigenvalue weighted by molar-refractivity contribution is -0.145. The van der Waals surface area contributed by atoms with E-state index >= 15 is 0 Å². The van der Waals surface area contributed by atoms with Crippen molar-refractivity contribution in [1.82, 2.24) is 5.32 Å². The van der Waals surface area contributed by atoms with Gasteiger partial charge in [0.2, 0.25) is 5.78 Å². The van der Waals surface area contributed by atoms with Gasteiger partial charge in [0.05, 0.1) is 18.8 Å². The summed E-state index contributed by atoms with van der Waals surface area (Å²) in [6.45, 7) is 0.779. The van der Waals surface area contributed by atoms with Gasteiger partial charge in [-0.1, -0.05) is 12.1 Å². The molecule has 0 unspecified atom stereocenters. The predicted octanol–water partition coefficient (Wildman–Crippen LogP) is 1.64. The van der Waals surface area contributed by atoms with Crippen LogP contribution >= 0.6 is 0 Å². The standard InChI is InChI=1S/C22H21NO8/c1-12(24)20(22(27)28)23-19(25)11-30-15-6-7-16-17(10-15)31-18(21(16)26)9-13-4-3-5-14(8-13)29-2/h3-10,12,20,24H,11H2,1-2H3,(H,23,25)(H,27,28)/t12-,20+/m1/s1. The van der Waals surface area contributed by atoms with Crippen LogP contribution in [0.15, 0.2) is 48.2 Å². The van der Waals surface area contributed by atoms with Crippen LogP contribution in [0.3, 0.4) is 0 Å². The summed E-state index contributed by atoms with van der Waals surface area (Å²) in [5.41, 5.74) is 1.08. The number of ether oxygens (including phenoxy) is 3. The number of carboxylic acid groups (broad SMARTS) is 1. The number of ketones is 1. The number of Topliss-reactive ketones (excluding diaryl/α,β-unsaturated/α-hetero) is 1. The highest BCUT2D eigenvalue weighted by molar-refractivity contribution is 6.14. The lowest BCUT2D eigenvalue weighted by Crippen LogP contribution is -2.49. The number of carbonyl (C=O) groups is 3. The fourth-order valence-electron chi connectivity index (χ4n) is 2.89. The molecule has 1 amide bonds. The molecule has 3 N–H and O–H groups in total. The van der Waals surface area contributed by atoms with Crippen LogP contribution in [0, 0.1) is 0 Å². The molecule has 162 valence electrons. The number of carbonyl (C=O) groups excluding carboxylic acids is 2. The molecule has 0 spiro atoms. The number of benzene rings is 2. The van der Waals surface area contributed by atoms with Crippen molar-refractivity contribution in [2.24, 2.45) is 0 Å². The Kier molecular flexibility index (Phi) is 6.56. The highest BCUT2D eigenvalue weighted by atomic mass is 16.5. The van der Waals surface area contributed by atoms with Gasteiger partial charge in [-0.15, -0.1) is 0 Å². The van der Waals surface area contributed by atoms with Crippen molar-refractivity contribution < 1.29 is 38.8 Å². The molecule has 2 aromatic rings. The number of amides is 1. The summed E-state index contributed by atoms with van der Waals surface area (Å²) in [7, 11) is 1.55. The van der Waals surface area contributed by atoms with Crippen molar-refractivity contribution in [3.63, 3.8) is 0 Å². The molecule has 0 aliphatic carbocycles. The largest absolute Gasteiger partial charge is 0.497 e. The van der Waals surface area contributed by atoms with Crippen LogP contribution in [0.1, 0.15) is 22.8 Å². The molecule has 9 nitrogen and oxygen atoms in total. The number of aliphatic hydroxyl groups excluding tert-OH is 1. The first-order valence-electron chi connectivity index (χ1n) is 9.34. The van der Waals surface area contributed by atoms with Crippen LogP contribution in [-0.4, -0.2) is 53.7 Å². The molecule has 2 aromatic carbocycles. The first kappa shape index (κ1) is 21.8. The number of allylic oxidation sites excluding steroid dienone is 1. The first-order chi connectivity index (χ1) is 14.8. The number of aliphatic hydroxyl groups is 1. The Morgan fingerprint density at radius 1 is 1.19 bits per heavy atom. The molecule has 0 saturated carbocycles. The van der Waals surface area contributed by atoms with E-state index in [1.807, 2.05) is 0 Å². The van der Waals surface area contributed by atoms with Gasteiger partial charge >= 0.3 is 5.97 Å². The van der Waals surface area contributed by atoms with E-state index in [2.05, 4.69) is 5.32 Å². The summed E-state index contributed by atoms with van der Waals surface area (Å²) in [6.07, 6.45) is 0.330. The minimum absolute atomic E-state index is 0.138. The average molecular weight is 427 g/mol. The monoisotopic (exact) mass is 427 g/mol. The number of carboxylic acids is 1. The maximum Gasteiger partial charge on any atom is 0.328 e. The summed E-state index contributed by atoms with van der Waals surface area (Å²) in [6, 6.07) is 10.2. The molecule has 0 aromatic heterocycles. The number of methoxy groups -OCH3 is 1. The average Bonchev–Trinajstić information content (AvgIpc) is 3.04. The quantitative estimate of drug-likeness (QED) is 0.542. The lowest BCUT2D eigenvalue weighted by atomic mass is 10.1. The maximum atomic E-state index is 12.6. The summed E-state index contributed by atoms with van der Waals surface area (Å²) in [4.78, 5) is 35.5. The van der Waals surface area contributed by atoms with Crippen molar-refractivity contribution in [3.8, 4) is 17.2 Å². The zero-order valence-electron chi connectivity index (χ0n) is 16.8. The number of rotatable bonds is 8. The topological polar surface area (TPSA) is 131 Å². The van der Waals surface area contributed by atoms with E-state index in [1.165, 1.54) is 25.1 Å². The first-order valence-corrected chi connectivity index (χ1v) is 9.34. The highest BCUT2D eigenvalue weighted by Gasteiger charge is 2.28. The second-order valence-corrected chi connectivity index (χ2v) is 6.79. The second-order valence-electron chi connectivity index (χ2n) is 6.79.